The molecule has 0 atom stereocenters. The number of carboxylic acid groups (broad SMARTS) is 1. The summed E-state index contributed by atoms with van der Waals surface area (Å²) in [4.78, 5) is 10.6. The van der Waals surface area contributed by atoms with Gasteiger partial charge >= 0.3 is 5.97 Å². The number of aryl methyl sites for hydroxylation is 1. The second-order valence-corrected chi connectivity index (χ2v) is 4.21. The van der Waals surface area contributed by atoms with Gasteiger partial charge in [0.1, 0.15) is 12.4 Å². The monoisotopic (exact) mass is 260 g/mol. The molecule has 1 N–H and O–H groups in total. The highest BCUT2D eigenvalue weighted by atomic mass is 16.5. The molecule has 19 heavy (non-hydrogen) atoms. The van der Waals surface area contributed by atoms with E-state index < -0.39 is 5.97 Å². The first kappa shape index (κ1) is 13.4. The highest BCUT2D eigenvalue weighted by Crippen LogP contribution is 2.09. The molecular weight excluding hydrogens is 244 g/mol. The normalized spacial score (nSPS) is 10.5. The minimum Gasteiger partial charge on any atom is -0.475 e. The van der Waals surface area contributed by atoms with E-state index in [9.17, 15) is 4.79 Å². The SMILES string of the molecule is O=C(O)c1ccc(COCCCc2ccccc2)o1. The fraction of sp³-hybridized carbons (Fsp3) is 0.267. The number of ether oxygens (including phenoxy) is 1. The molecule has 4 heteroatoms. The van der Waals surface area contributed by atoms with Crippen LogP contribution in [0.25, 0.3) is 0 Å². The lowest BCUT2D eigenvalue weighted by atomic mass is 10.1. The summed E-state index contributed by atoms with van der Waals surface area (Å²) in [7, 11) is 0. The number of benzene rings is 1. The third-order valence-electron chi connectivity index (χ3n) is 2.71. The lowest BCUT2D eigenvalue weighted by molar-refractivity contribution is 0.0646. The van der Waals surface area contributed by atoms with Gasteiger partial charge in [0.05, 0.1) is 0 Å². The predicted molar refractivity (Wildman–Crippen MR) is 70.1 cm³/mol. The fourth-order valence-electron chi connectivity index (χ4n) is 1.77. The van der Waals surface area contributed by atoms with Gasteiger partial charge in [-0.2, -0.15) is 0 Å². The van der Waals surface area contributed by atoms with E-state index in [1.54, 1.807) is 6.07 Å². The van der Waals surface area contributed by atoms with Gasteiger partial charge in [0.15, 0.2) is 0 Å². The summed E-state index contributed by atoms with van der Waals surface area (Å²) >= 11 is 0. The zero-order valence-corrected chi connectivity index (χ0v) is 10.5. The predicted octanol–water partition coefficient (Wildman–Crippen LogP) is 3.13. The van der Waals surface area contributed by atoms with E-state index >= 15 is 0 Å². The summed E-state index contributed by atoms with van der Waals surface area (Å²) in [6.07, 6.45) is 1.90. The van der Waals surface area contributed by atoms with Crippen LogP contribution >= 0.6 is 0 Å². The van der Waals surface area contributed by atoms with Gasteiger partial charge in [-0.3, -0.25) is 0 Å². The van der Waals surface area contributed by atoms with Crippen LogP contribution in [-0.2, 0) is 17.8 Å². The molecular formula is C15H16O4. The molecule has 1 heterocycles. The van der Waals surface area contributed by atoms with Crippen LogP contribution in [0.5, 0.6) is 0 Å². The average Bonchev–Trinajstić information content (AvgIpc) is 2.89. The molecule has 2 aromatic rings. The molecule has 0 saturated heterocycles. The Morgan fingerprint density at radius 1 is 1.16 bits per heavy atom. The molecule has 4 nitrogen and oxygen atoms in total. The van der Waals surface area contributed by atoms with Gasteiger partial charge in [0.2, 0.25) is 5.76 Å². The van der Waals surface area contributed by atoms with Crippen molar-refractivity contribution < 1.29 is 19.1 Å². The molecule has 1 aromatic heterocycles. The molecule has 0 spiro atoms. The zero-order chi connectivity index (χ0) is 13.5. The largest absolute Gasteiger partial charge is 0.475 e. The number of carbonyl (C=O) groups is 1. The van der Waals surface area contributed by atoms with Crippen LogP contribution < -0.4 is 0 Å². The van der Waals surface area contributed by atoms with Crippen LogP contribution in [0.2, 0.25) is 0 Å². The van der Waals surface area contributed by atoms with Crippen LogP contribution in [0.4, 0.5) is 0 Å². The van der Waals surface area contributed by atoms with Gasteiger partial charge in [-0.25, -0.2) is 4.79 Å². The standard InChI is InChI=1S/C15H16O4/c16-15(17)14-9-8-13(19-14)11-18-10-4-7-12-5-2-1-3-6-12/h1-3,5-6,8-9H,4,7,10-11H2,(H,16,17). The van der Waals surface area contributed by atoms with E-state index in [-0.39, 0.29) is 5.76 Å². The first-order valence-electron chi connectivity index (χ1n) is 6.19. The molecule has 100 valence electrons. The second-order valence-electron chi connectivity index (χ2n) is 4.21. The first-order valence-corrected chi connectivity index (χ1v) is 6.19. The Morgan fingerprint density at radius 2 is 1.95 bits per heavy atom. The molecule has 1 aromatic carbocycles. The first-order chi connectivity index (χ1) is 9.25. The quantitative estimate of drug-likeness (QED) is 0.777. The molecule has 0 amide bonds. The maximum Gasteiger partial charge on any atom is 0.371 e. The van der Waals surface area contributed by atoms with Crippen molar-refractivity contribution in [1.29, 1.82) is 0 Å². The molecule has 2 rings (SSSR count). The Balaban J connectivity index is 1.65. The van der Waals surface area contributed by atoms with Crippen molar-refractivity contribution in [3.63, 3.8) is 0 Å². The number of rotatable bonds is 7. The van der Waals surface area contributed by atoms with E-state index in [2.05, 4.69) is 12.1 Å². The van der Waals surface area contributed by atoms with Crippen LogP contribution in [0.1, 0.15) is 28.3 Å². The Labute approximate surface area is 111 Å². The lowest BCUT2D eigenvalue weighted by Gasteiger charge is -2.02. The molecule has 0 aliphatic heterocycles. The summed E-state index contributed by atoms with van der Waals surface area (Å²) in [6.45, 7) is 0.931. The van der Waals surface area contributed by atoms with Crippen LogP contribution in [-0.4, -0.2) is 17.7 Å². The zero-order valence-electron chi connectivity index (χ0n) is 10.5. The van der Waals surface area contributed by atoms with Crippen molar-refractivity contribution in [3.8, 4) is 0 Å². The van der Waals surface area contributed by atoms with E-state index in [4.69, 9.17) is 14.3 Å². The molecule has 0 radical (unpaired) electrons. The topological polar surface area (TPSA) is 59.7 Å². The average molecular weight is 260 g/mol. The van der Waals surface area contributed by atoms with Crippen LogP contribution in [0.15, 0.2) is 46.9 Å². The highest BCUT2D eigenvalue weighted by Gasteiger charge is 2.08. The number of carboxylic acids is 1. The van der Waals surface area contributed by atoms with Gasteiger partial charge in [0, 0.05) is 6.61 Å². The van der Waals surface area contributed by atoms with Gasteiger partial charge in [0.25, 0.3) is 0 Å². The van der Waals surface area contributed by atoms with Crippen molar-refractivity contribution in [2.45, 2.75) is 19.4 Å². The maximum absolute atomic E-state index is 10.6. The Kier molecular flexibility index (Phi) is 4.75. The van der Waals surface area contributed by atoms with Crippen LogP contribution in [0, 0.1) is 0 Å². The van der Waals surface area contributed by atoms with E-state index in [1.165, 1.54) is 11.6 Å². The highest BCUT2D eigenvalue weighted by molar-refractivity contribution is 5.84. The smallest absolute Gasteiger partial charge is 0.371 e. The molecule has 0 fully saturated rings. The molecule has 0 aliphatic carbocycles. The minimum atomic E-state index is -1.06. The van der Waals surface area contributed by atoms with Crippen molar-refractivity contribution in [1.82, 2.24) is 0 Å². The van der Waals surface area contributed by atoms with Crippen LogP contribution in [0.3, 0.4) is 0 Å². The van der Waals surface area contributed by atoms with Gasteiger partial charge in [-0.1, -0.05) is 30.3 Å². The molecule has 0 saturated carbocycles. The maximum atomic E-state index is 10.6. The van der Waals surface area contributed by atoms with Gasteiger partial charge < -0.3 is 14.3 Å². The van der Waals surface area contributed by atoms with E-state index in [0.717, 1.165) is 12.8 Å². The summed E-state index contributed by atoms with van der Waals surface area (Å²) in [5.74, 6) is -0.574. The molecule has 0 unspecified atom stereocenters. The van der Waals surface area contributed by atoms with Gasteiger partial charge in [-0.05, 0) is 30.5 Å². The van der Waals surface area contributed by atoms with Crippen molar-refractivity contribution in [2.24, 2.45) is 0 Å². The van der Waals surface area contributed by atoms with E-state index in [0.29, 0.717) is 19.0 Å². The Bertz CT molecular complexity index is 516. The number of hydrogen-bond acceptors (Lipinski definition) is 3. The lowest BCUT2D eigenvalue weighted by Crippen LogP contribution is -1.97. The summed E-state index contributed by atoms with van der Waals surface area (Å²) in [6, 6.07) is 13.3. The fourth-order valence-corrected chi connectivity index (χ4v) is 1.77. The molecule has 0 bridgehead atoms. The summed E-state index contributed by atoms with van der Waals surface area (Å²) < 4.78 is 10.5. The second kappa shape index (κ2) is 6.75. The third-order valence-corrected chi connectivity index (χ3v) is 2.71. The Morgan fingerprint density at radius 3 is 2.63 bits per heavy atom. The third kappa shape index (κ3) is 4.26. The summed E-state index contributed by atoms with van der Waals surface area (Å²) in [5.41, 5.74) is 1.29. The van der Waals surface area contributed by atoms with Crippen molar-refractivity contribution in [2.75, 3.05) is 6.61 Å². The van der Waals surface area contributed by atoms with E-state index in [1.807, 2.05) is 18.2 Å². The number of furan rings is 1. The van der Waals surface area contributed by atoms with Gasteiger partial charge in [-0.15, -0.1) is 0 Å². The van der Waals surface area contributed by atoms with Crippen molar-refractivity contribution >= 4 is 5.97 Å². The molecule has 0 aliphatic rings. The minimum absolute atomic E-state index is 0.0529. The number of hydrogen-bond donors (Lipinski definition) is 1. The van der Waals surface area contributed by atoms with Crippen molar-refractivity contribution in [3.05, 3.63) is 59.5 Å². The Hall–Kier alpha value is -2.07. The summed E-state index contributed by atoms with van der Waals surface area (Å²) in [5, 5.41) is 8.70. The number of aromatic carboxylic acids is 1.